The predicted octanol–water partition coefficient (Wildman–Crippen LogP) is 1.57. The summed E-state index contributed by atoms with van der Waals surface area (Å²) in [5.74, 6) is 0. The molecule has 2 heteroatoms. The van der Waals surface area contributed by atoms with Crippen molar-refractivity contribution in [3.63, 3.8) is 0 Å². The van der Waals surface area contributed by atoms with E-state index in [1.165, 1.54) is 5.56 Å². The number of rotatable bonds is 0. The first-order valence-corrected chi connectivity index (χ1v) is 2.61. The van der Waals surface area contributed by atoms with Crippen LogP contribution in [-0.4, -0.2) is 0 Å². The van der Waals surface area contributed by atoms with Crippen molar-refractivity contribution >= 4 is 5.69 Å². The molecule has 1 rings (SSSR count). The topological polar surface area (TPSA) is 26.0 Å². The van der Waals surface area contributed by atoms with Crippen LogP contribution in [-0.2, 0) is 19.5 Å². The molecule has 0 amide bonds. The van der Waals surface area contributed by atoms with Gasteiger partial charge >= 0.3 is 0 Å². The summed E-state index contributed by atoms with van der Waals surface area (Å²) in [6.07, 6.45) is 0. The number of aryl methyl sites for hydroxylation is 1. The third kappa shape index (κ3) is 2.62. The third-order valence-corrected chi connectivity index (χ3v) is 1.08. The van der Waals surface area contributed by atoms with Crippen LogP contribution in [0.25, 0.3) is 0 Å². The Bertz CT molecular complexity index is 148. The van der Waals surface area contributed by atoms with Crippen molar-refractivity contribution in [3.05, 3.63) is 29.8 Å². The van der Waals surface area contributed by atoms with Gasteiger partial charge in [-0.15, -0.1) is 0 Å². The van der Waals surface area contributed by atoms with Crippen LogP contribution in [0, 0.1) is 6.92 Å². The molecule has 0 atom stereocenters. The average Bonchev–Trinajstić information content (AvgIpc) is 1.77. The fraction of sp³-hybridized carbons (Fsp3) is 0.143. The first-order chi connectivity index (χ1) is 3.79. The monoisotopic (exact) mass is 210 g/mol. The Labute approximate surface area is 68.0 Å². The number of nitrogen functional groups attached to an aromatic ring is 1. The molecule has 0 aliphatic heterocycles. The molecule has 0 heterocycles. The number of hydrogen-bond acceptors (Lipinski definition) is 1. The van der Waals surface area contributed by atoms with Crippen molar-refractivity contribution in [2.24, 2.45) is 0 Å². The van der Waals surface area contributed by atoms with Gasteiger partial charge in [-0.05, 0) is 19.1 Å². The Kier molecular flexibility index (Phi) is 3.48. The molecule has 0 saturated heterocycles. The van der Waals surface area contributed by atoms with Crippen LogP contribution in [0.3, 0.4) is 0 Å². The Morgan fingerprint density at radius 2 is 1.56 bits per heavy atom. The molecule has 0 aliphatic rings. The number of benzene rings is 1. The maximum atomic E-state index is 5.43. The summed E-state index contributed by atoms with van der Waals surface area (Å²) in [6.45, 7) is 2.04. The zero-order valence-corrected chi connectivity index (χ0v) is 6.86. The van der Waals surface area contributed by atoms with Crippen molar-refractivity contribution in [1.29, 1.82) is 0 Å². The molecule has 51 valence electrons. The van der Waals surface area contributed by atoms with Crippen LogP contribution in [0.5, 0.6) is 0 Å². The standard InChI is InChI=1S/C7H9N.Rh/c1-6-2-4-7(8)5-3-6;/h2-5H,8H2,1H3;. The van der Waals surface area contributed by atoms with Gasteiger partial charge in [0, 0.05) is 25.2 Å². The maximum Gasteiger partial charge on any atom is 0.0314 e. The molecule has 9 heavy (non-hydrogen) atoms. The maximum absolute atomic E-state index is 5.43. The minimum absolute atomic E-state index is 0. The molecule has 1 radical (unpaired) electrons. The van der Waals surface area contributed by atoms with Crippen molar-refractivity contribution in [1.82, 2.24) is 0 Å². The van der Waals surface area contributed by atoms with Gasteiger partial charge in [0.1, 0.15) is 0 Å². The van der Waals surface area contributed by atoms with Crippen LogP contribution >= 0.6 is 0 Å². The molecule has 0 bridgehead atoms. The molecule has 1 aromatic carbocycles. The molecule has 0 spiro atoms. The molecule has 2 N–H and O–H groups in total. The summed E-state index contributed by atoms with van der Waals surface area (Å²) in [5.41, 5.74) is 7.51. The molecule has 0 aromatic heterocycles. The summed E-state index contributed by atoms with van der Waals surface area (Å²) in [6, 6.07) is 7.79. The molecule has 0 fully saturated rings. The van der Waals surface area contributed by atoms with Crippen molar-refractivity contribution in [2.75, 3.05) is 5.73 Å². The fourth-order valence-electron chi connectivity index (χ4n) is 0.566. The van der Waals surface area contributed by atoms with Crippen LogP contribution in [0.2, 0.25) is 0 Å². The Balaban J connectivity index is 0.000000640. The summed E-state index contributed by atoms with van der Waals surface area (Å²) >= 11 is 0. The van der Waals surface area contributed by atoms with E-state index in [1.807, 2.05) is 31.2 Å². The Morgan fingerprint density at radius 1 is 1.11 bits per heavy atom. The summed E-state index contributed by atoms with van der Waals surface area (Å²) < 4.78 is 0. The smallest absolute Gasteiger partial charge is 0.0314 e. The molecule has 0 saturated carbocycles. The van der Waals surface area contributed by atoms with Gasteiger partial charge < -0.3 is 5.73 Å². The van der Waals surface area contributed by atoms with Crippen molar-refractivity contribution in [2.45, 2.75) is 6.92 Å². The van der Waals surface area contributed by atoms with Crippen LogP contribution in [0.1, 0.15) is 5.56 Å². The van der Waals surface area contributed by atoms with E-state index >= 15 is 0 Å². The second-order valence-electron chi connectivity index (χ2n) is 1.91. The second-order valence-corrected chi connectivity index (χ2v) is 1.91. The van der Waals surface area contributed by atoms with Gasteiger partial charge in [-0.2, -0.15) is 0 Å². The minimum Gasteiger partial charge on any atom is -0.399 e. The Morgan fingerprint density at radius 3 is 1.89 bits per heavy atom. The van der Waals surface area contributed by atoms with Gasteiger partial charge in [-0.1, -0.05) is 17.7 Å². The van der Waals surface area contributed by atoms with Crippen LogP contribution < -0.4 is 5.73 Å². The zero-order chi connectivity index (χ0) is 5.98. The van der Waals surface area contributed by atoms with E-state index in [0.29, 0.717) is 0 Å². The second kappa shape index (κ2) is 3.63. The number of nitrogens with two attached hydrogens (primary N) is 1. The molecular formula is C7H9NRh. The fourth-order valence-corrected chi connectivity index (χ4v) is 0.566. The largest absolute Gasteiger partial charge is 0.399 e. The van der Waals surface area contributed by atoms with Gasteiger partial charge in [0.05, 0.1) is 0 Å². The van der Waals surface area contributed by atoms with Gasteiger partial charge in [0.15, 0.2) is 0 Å². The first-order valence-electron chi connectivity index (χ1n) is 2.61. The van der Waals surface area contributed by atoms with Crippen LogP contribution in [0.15, 0.2) is 24.3 Å². The van der Waals surface area contributed by atoms with E-state index in [9.17, 15) is 0 Å². The van der Waals surface area contributed by atoms with Gasteiger partial charge in [0.2, 0.25) is 0 Å². The SMILES string of the molecule is Cc1ccc(N)cc1.[Rh]. The van der Waals surface area contributed by atoms with E-state index in [2.05, 4.69) is 0 Å². The minimum atomic E-state index is 0. The van der Waals surface area contributed by atoms with E-state index in [-0.39, 0.29) is 19.5 Å². The predicted molar refractivity (Wildman–Crippen MR) is 35.6 cm³/mol. The molecule has 0 unspecified atom stereocenters. The van der Waals surface area contributed by atoms with Gasteiger partial charge in [-0.25, -0.2) is 0 Å². The average molecular weight is 210 g/mol. The van der Waals surface area contributed by atoms with E-state index in [1.54, 1.807) is 0 Å². The molecule has 1 nitrogen and oxygen atoms in total. The molecule has 1 aromatic rings. The Hall–Kier alpha value is -0.357. The molecular weight excluding hydrogens is 201 g/mol. The quantitative estimate of drug-likeness (QED) is 0.510. The summed E-state index contributed by atoms with van der Waals surface area (Å²) in [4.78, 5) is 0. The zero-order valence-electron chi connectivity index (χ0n) is 5.22. The van der Waals surface area contributed by atoms with Crippen LogP contribution in [0.4, 0.5) is 5.69 Å². The van der Waals surface area contributed by atoms with E-state index < -0.39 is 0 Å². The first kappa shape index (κ1) is 8.64. The van der Waals surface area contributed by atoms with Gasteiger partial charge in [0.25, 0.3) is 0 Å². The summed E-state index contributed by atoms with van der Waals surface area (Å²) in [7, 11) is 0. The molecule has 0 aliphatic carbocycles. The van der Waals surface area contributed by atoms with E-state index in [4.69, 9.17) is 5.73 Å². The van der Waals surface area contributed by atoms with Crippen molar-refractivity contribution in [3.8, 4) is 0 Å². The normalized spacial score (nSPS) is 8.11. The summed E-state index contributed by atoms with van der Waals surface area (Å²) in [5, 5.41) is 0. The van der Waals surface area contributed by atoms with Gasteiger partial charge in [-0.3, -0.25) is 0 Å². The number of hydrogen-bond donors (Lipinski definition) is 1. The van der Waals surface area contributed by atoms with E-state index in [0.717, 1.165) is 5.69 Å². The third-order valence-electron chi connectivity index (χ3n) is 1.08. The number of anilines is 1. The van der Waals surface area contributed by atoms with Crippen molar-refractivity contribution < 1.29 is 19.5 Å².